The van der Waals surface area contributed by atoms with Crippen LogP contribution in [0.3, 0.4) is 0 Å². The number of hydrogen-bond acceptors (Lipinski definition) is 2. The zero-order chi connectivity index (χ0) is 11.7. The van der Waals surface area contributed by atoms with E-state index >= 15 is 0 Å². The molecule has 0 saturated heterocycles. The van der Waals surface area contributed by atoms with E-state index in [0.29, 0.717) is 6.10 Å². The summed E-state index contributed by atoms with van der Waals surface area (Å²) in [5, 5.41) is 3.56. The highest BCUT2D eigenvalue weighted by molar-refractivity contribution is 5.37. The SMILES string of the molecule is CC(CNCC1Cc2ccccc2O1)C1CC1. The van der Waals surface area contributed by atoms with Crippen molar-refractivity contribution in [1.29, 1.82) is 0 Å². The second-order valence-corrected chi connectivity index (χ2v) is 5.52. The molecule has 1 saturated carbocycles. The molecule has 92 valence electrons. The van der Waals surface area contributed by atoms with E-state index in [2.05, 4.69) is 30.4 Å². The van der Waals surface area contributed by atoms with Crippen LogP contribution < -0.4 is 10.1 Å². The second kappa shape index (κ2) is 4.69. The molecule has 0 aromatic heterocycles. The van der Waals surface area contributed by atoms with Crippen LogP contribution >= 0.6 is 0 Å². The van der Waals surface area contributed by atoms with Gasteiger partial charge in [0, 0.05) is 13.0 Å². The molecule has 1 N–H and O–H groups in total. The molecule has 1 aromatic rings. The van der Waals surface area contributed by atoms with E-state index in [4.69, 9.17) is 4.74 Å². The normalized spacial score (nSPS) is 24.2. The summed E-state index contributed by atoms with van der Waals surface area (Å²) in [7, 11) is 0. The number of para-hydroxylation sites is 1. The average molecular weight is 231 g/mol. The summed E-state index contributed by atoms with van der Waals surface area (Å²) in [6, 6.07) is 8.38. The Morgan fingerprint density at radius 1 is 1.35 bits per heavy atom. The van der Waals surface area contributed by atoms with Crippen LogP contribution in [-0.2, 0) is 6.42 Å². The Kier molecular flexibility index (Phi) is 3.06. The molecule has 0 amide bonds. The molecular formula is C15H21NO. The first kappa shape index (κ1) is 11.1. The highest BCUT2D eigenvalue weighted by atomic mass is 16.5. The van der Waals surface area contributed by atoms with Crippen molar-refractivity contribution in [3.8, 4) is 5.75 Å². The Bertz CT molecular complexity index is 361. The van der Waals surface area contributed by atoms with E-state index in [9.17, 15) is 0 Å². The summed E-state index contributed by atoms with van der Waals surface area (Å²) >= 11 is 0. The minimum atomic E-state index is 0.332. The molecule has 2 heteroatoms. The molecule has 2 atom stereocenters. The monoisotopic (exact) mass is 231 g/mol. The Labute approximate surface area is 103 Å². The number of fused-ring (bicyclic) bond motifs is 1. The van der Waals surface area contributed by atoms with Crippen LogP contribution in [0.25, 0.3) is 0 Å². The minimum absolute atomic E-state index is 0.332. The largest absolute Gasteiger partial charge is 0.488 e. The molecule has 1 aliphatic carbocycles. The quantitative estimate of drug-likeness (QED) is 0.841. The Morgan fingerprint density at radius 2 is 2.18 bits per heavy atom. The zero-order valence-corrected chi connectivity index (χ0v) is 10.5. The fourth-order valence-electron chi connectivity index (χ4n) is 2.67. The average Bonchev–Trinajstić information content (AvgIpc) is 3.09. The van der Waals surface area contributed by atoms with Crippen LogP contribution in [-0.4, -0.2) is 19.2 Å². The van der Waals surface area contributed by atoms with E-state index in [-0.39, 0.29) is 0 Å². The third-order valence-corrected chi connectivity index (χ3v) is 3.98. The lowest BCUT2D eigenvalue weighted by Gasteiger charge is -2.15. The van der Waals surface area contributed by atoms with Gasteiger partial charge in [-0.3, -0.25) is 0 Å². The fraction of sp³-hybridized carbons (Fsp3) is 0.600. The predicted octanol–water partition coefficient (Wildman–Crippen LogP) is 2.63. The summed E-state index contributed by atoms with van der Waals surface area (Å²) in [5.74, 6) is 2.90. The molecule has 0 bridgehead atoms. The van der Waals surface area contributed by atoms with Crippen molar-refractivity contribution in [1.82, 2.24) is 5.32 Å². The van der Waals surface area contributed by atoms with Crippen LogP contribution in [0.15, 0.2) is 24.3 Å². The molecule has 1 fully saturated rings. The smallest absolute Gasteiger partial charge is 0.123 e. The molecule has 1 aliphatic heterocycles. The molecular weight excluding hydrogens is 210 g/mol. The van der Waals surface area contributed by atoms with Gasteiger partial charge in [0.05, 0.1) is 0 Å². The summed E-state index contributed by atoms with van der Waals surface area (Å²) < 4.78 is 5.90. The van der Waals surface area contributed by atoms with E-state index in [1.807, 2.05) is 6.07 Å². The third kappa shape index (κ3) is 2.63. The number of ether oxygens (including phenoxy) is 1. The maximum atomic E-state index is 5.90. The Morgan fingerprint density at radius 3 is 2.94 bits per heavy atom. The highest BCUT2D eigenvalue weighted by Crippen LogP contribution is 2.36. The molecule has 2 unspecified atom stereocenters. The van der Waals surface area contributed by atoms with Crippen LogP contribution in [0.4, 0.5) is 0 Å². The van der Waals surface area contributed by atoms with Crippen LogP contribution in [0.2, 0.25) is 0 Å². The second-order valence-electron chi connectivity index (χ2n) is 5.52. The van der Waals surface area contributed by atoms with Gasteiger partial charge in [-0.25, -0.2) is 0 Å². The van der Waals surface area contributed by atoms with Crippen molar-refractivity contribution in [3.05, 3.63) is 29.8 Å². The van der Waals surface area contributed by atoms with Gasteiger partial charge < -0.3 is 10.1 Å². The van der Waals surface area contributed by atoms with E-state index in [1.165, 1.54) is 18.4 Å². The number of rotatable bonds is 5. The highest BCUT2D eigenvalue weighted by Gasteiger charge is 2.28. The maximum absolute atomic E-state index is 5.90. The van der Waals surface area contributed by atoms with Gasteiger partial charge in [-0.2, -0.15) is 0 Å². The van der Waals surface area contributed by atoms with Crippen molar-refractivity contribution < 1.29 is 4.74 Å². The first-order valence-corrected chi connectivity index (χ1v) is 6.78. The van der Waals surface area contributed by atoms with Crippen molar-refractivity contribution in [2.75, 3.05) is 13.1 Å². The lowest BCUT2D eigenvalue weighted by molar-refractivity contribution is 0.224. The first-order chi connectivity index (χ1) is 8.33. The van der Waals surface area contributed by atoms with Crippen molar-refractivity contribution in [2.45, 2.75) is 32.3 Å². The molecule has 2 aliphatic rings. The topological polar surface area (TPSA) is 21.3 Å². The van der Waals surface area contributed by atoms with Gasteiger partial charge in [0.15, 0.2) is 0 Å². The van der Waals surface area contributed by atoms with E-state index < -0.39 is 0 Å². The molecule has 0 radical (unpaired) electrons. The Balaban J connectivity index is 1.43. The van der Waals surface area contributed by atoms with Gasteiger partial charge in [0.25, 0.3) is 0 Å². The maximum Gasteiger partial charge on any atom is 0.123 e. The third-order valence-electron chi connectivity index (χ3n) is 3.98. The van der Waals surface area contributed by atoms with Gasteiger partial charge >= 0.3 is 0 Å². The molecule has 0 spiro atoms. The van der Waals surface area contributed by atoms with E-state index in [0.717, 1.165) is 37.1 Å². The lowest BCUT2D eigenvalue weighted by Crippen LogP contribution is -2.33. The molecule has 17 heavy (non-hydrogen) atoms. The summed E-state index contributed by atoms with van der Waals surface area (Å²) in [6.45, 7) is 4.47. The summed E-state index contributed by atoms with van der Waals surface area (Å²) in [4.78, 5) is 0. The number of hydrogen-bond donors (Lipinski definition) is 1. The van der Waals surface area contributed by atoms with Gasteiger partial charge in [-0.05, 0) is 42.9 Å². The van der Waals surface area contributed by atoms with Gasteiger partial charge in [0.2, 0.25) is 0 Å². The van der Waals surface area contributed by atoms with E-state index in [1.54, 1.807) is 0 Å². The van der Waals surface area contributed by atoms with Crippen molar-refractivity contribution >= 4 is 0 Å². The number of nitrogens with one attached hydrogen (secondary N) is 1. The van der Waals surface area contributed by atoms with Gasteiger partial charge in [-0.15, -0.1) is 0 Å². The van der Waals surface area contributed by atoms with Gasteiger partial charge in [0.1, 0.15) is 11.9 Å². The van der Waals surface area contributed by atoms with Crippen LogP contribution in [0.5, 0.6) is 5.75 Å². The number of benzene rings is 1. The zero-order valence-electron chi connectivity index (χ0n) is 10.5. The van der Waals surface area contributed by atoms with Crippen LogP contribution in [0, 0.1) is 11.8 Å². The van der Waals surface area contributed by atoms with Crippen molar-refractivity contribution in [3.63, 3.8) is 0 Å². The molecule has 1 aromatic carbocycles. The lowest BCUT2D eigenvalue weighted by atomic mass is 10.1. The fourth-order valence-corrected chi connectivity index (χ4v) is 2.67. The standard InChI is InChI=1S/C15H21NO/c1-11(12-6-7-12)9-16-10-14-8-13-4-2-3-5-15(13)17-14/h2-5,11-12,14,16H,6-10H2,1H3. The first-order valence-electron chi connectivity index (χ1n) is 6.78. The van der Waals surface area contributed by atoms with Gasteiger partial charge in [-0.1, -0.05) is 25.1 Å². The van der Waals surface area contributed by atoms with Crippen LogP contribution in [0.1, 0.15) is 25.3 Å². The molecule has 3 rings (SSSR count). The predicted molar refractivity (Wildman–Crippen MR) is 69.3 cm³/mol. The Hall–Kier alpha value is -1.02. The molecule has 2 nitrogen and oxygen atoms in total. The summed E-state index contributed by atoms with van der Waals surface area (Å²) in [6.07, 6.45) is 4.27. The van der Waals surface area contributed by atoms with Crippen molar-refractivity contribution in [2.24, 2.45) is 11.8 Å². The molecule has 1 heterocycles. The minimum Gasteiger partial charge on any atom is -0.488 e. The summed E-state index contributed by atoms with van der Waals surface area (Å²) in [5.41, 5.74) is 1.36.